The van der Waals surface area contributed by atoms with E-state index < -0.39 is 0 Å². The maximum absolute atomic E-state index is 5.06. The molecular weight excluding hydrogens is 234 g/mol. The van der Waals surface area contributed by atoms with Crippen LogP contribution in [0.15, 0.2) is 18.2 Å². The highest BCUT2D eigenvalue weighted by atomic mass is 16.5. The first-order valence-corrected chi connectivity index (χ1v) is 7.00. The smallest absolute Gasteiger partial charge is 0.0961 e. The summed E-state index contributed by atoms with van der Waals surface area (Å²) in [4.78, 5) is 0. The Morgan fingerprint density at radius 2 is 1.74 bits per heavy atom. The van der Waals surface area contributed by atoms with Crippen LogP contribution in [0, 0.1) is 6.92 Å². The van der Waals surface area contributed by atoms with Crippen molar-refractivity contribution in [2.45, 2.75) is 52.4 Å². The Kier molecular flexibility index (Phi) is 5.17. The Hall–Kier alpha value is -0.860. The summed E-state index contributed by atoms with van der Waals surface area (Å²) in [7, 11) is 1.71. The zero-order chi connectivity index (χ0) is 14.7. The molecule has 1 N–H and O–H groups in total. The lowest BCUT2D eigenvalue weighted by molar-refractivity contribution is 0.169. The van der Waals surface area contributed by atoms with Crippen LogP contribution in [0.25, 0.3) is 0 Å². The summed E-state index contributed by atoms with van der Waals surface area (Å²) in [6.45, 7) is 15.0. The van der Waals surface area contributed by atoms with Gasteiger partial charge in [0.25, 0.3) is 0 Å². The molecule has 0 aromatic heterocycles. The summed E-state index contributed by atoms with van der Waals surface area (Å²) in [5.74, 6) is 0. The molecule has 1 rings (SSSR count). The number of aryl methyl sites for hydroxylation is 1. The number of hydrogen-bond donors (Lipinski definition) is 1. The first kappa shape index (κ1) is 16.2. The van der Waals surface area contributed by atoms with E-state index >= 15 is 0 Å². The molecule has 1 aromatic carbocycles. The highest BCUT2D eigenvalue weighted by Crippen LogP contribution is 2.30. The fourth-order valence-corrected chi connectivity index (χ4v) is 2.45. The largest absolute Gasteiger partial charge is 0.370 e. The van der Waals surface area contributed by atoms with Gasteiger partial charge in [-0.1, -0.05) is 52.8 Å². The van der Waals surface area contributed by atoms with Gasteiger partial charge in [-0.25, -0.2) is 0 Å². The van der Waals surface area contributed by atoms with Crippen LogP contribution in [-0.2, 0) is 15.6 Å². The lowest BCUT2D eigenvalue weighted by Crippen LogP contribution is -2.34. The first-order valence-electron chi connectivity index (χ1n) is 7.00. The van der Waals surface area contributed by atoms with Crippen LogP contribution in [0.5, 0.6) is 0 Å². The van der Waals surface area contributed by atoms with Crippen LogP contribution in [0.1, 0.15) is 51.3 Å². The third-order valence-corrected chi connectivity index (χ3v) is 3.63. The molecule has 0 spiro atoms. The zero-order valence-electron chi connectivity index (χ0n) is 13.6. The molecule has 0 saturated carbocycles. The molecule has 0 fully saturated rings. The summed E-state index contributed by atoms with van der Waals surface area (Å²) in [6, 6.07) is 6.87. The summed E-state index contributed by atoms with van der Waals surface area (Å²) in [5, 5.41) is 3.32. The second kappa shape index (κ2) is 6.06. The number of rotatable bonds is 5. The Balaban J connectivity index is 2.95. The highest BCUT2D eigenvalue weighted by molar-refractivity contribution is 5.38. The van der Waals surface area contributed by atoms with Gasteiger partial charge in [0.05, 0.1) is 6.73 Å². The zero-order valence-corrected chi connectivity index (χ0v) is 13.6. The molecule has 19 heavy (non-hydrogen) atoms. The fourth-order valence-electron chi connectivity index (χ4n) is 2.45. The molecule has 0 amide bonds. The summed E-state index contributed by atoms with van der Waals surface area (Å²) in [5.41, 5.74) is 4.50. The minimum Gasteiger partial charge on any atom is -0.370 e. The molecule has 2 heteroatoms. The molecule has 0 bridgehead atoms. The minimum absolute atomic E-state index is 0.110. The second-order valence-corrected chi connectivity index (χ2v) is 7.02. The van der Waals surface area contributed by atoms with Crippen molar-refractivity contribution in [2.24, 2.45) is 0 Å². The van der Waals surface area contributed by atoms with Crippen LogP contribution in [0.3, 0.4) is 0 Å². The summed E-state index contributed by atoms with van der Waals surface area (Å²) >= 11 is 0. The van der Waals surface area contributed by atoms with Gasteiger partial charge in [0.1, 0.15) is 0 Å². The Morgan fingerprint density at radius 3 is 2.21 bits per heavy atom. The quantitative estimate of drug-likeness (QED) is 0.645. The Morgan fingerprint density at radius 1 is 1.11 bits per heavy atom. The van der Waals surface area contributed by atoms with E-state index in [9.17, 15) is 0 Å². The maximum Gasteiger partial charge on any atom is 0.0961 e. The standard InChI is InChI=1S/C17H29NO/c1-13-10-14(16(2,3)4)8-9-15(13)17(5,6)11-18-12-19-7/h8-10,18H,11-12H2,1-7H3. The van der Waals surface area contributed by atoms with Gasteiger partial charge in [0.2, 0.25) is 0 Å². The fraction of sp³-hybridized carbons (Fsp3) is 0.647. The van der Waals surface area contributed by atoms with Crippen molar-refractivity contribution in [2.75, 3.05) is 20.4 Å². The third kappa shape index (κ3) is 4.32. The number of benzene rings is 1. The van der Waals surface area contributed by atoms with Gasteiger partial charge in [0.15, 0.2) is 0 Å². The van der Waals surface area contributed by atoms with Crippen LogP contribution in [-0.4, -0.2) is 20.4 Å². The van der Waals surface area contributed by atoms with Gasteiger partial charge < -0.3 is 4.74 Å². The van der Waals surface area contributed by atoms with E-state index in [1.165, 1.54) is 16.7 Å². The van der Waals surface area contributed by atoms with Gasteiger partial charge in [-0.15, -0.1) is 0 Å². The molecule has 0 saturated heterocycles. The second-order valence-electron chi connectivity index (χ2n) is 7.02. The van der Waals surface area contributed by atoms with E-state index in [1.54, 1.807) is 7.11 Å². The van der Waals surface area contributed by atoms with Crippen LogP contribution in [0.2, 0.25) is 0 Å². The van der Waals surface area contributed by atoms with E-state index in [0.717, 1.165) is 6.54 Å². The van der Waals surface area contributed by atoms with Crippen molar-refractivity contribution in [3.8, 4) is 0 Å². The normalized spacial score (nSPS) is 12.8. The van der Waals surface area contributed by atoms with Crippen LogP contribution < -0.4 is 5.32 Å². The van der Waals surface area contributed by atoms with E-state index in [4.69, 9.17) is 4.74 Å². The minimum atomic E-state index is 0.110. The molecule has 0 aliphatic rings. The lowest BCUT2D eigenvalue weighted by atomic mass is 9.78. The number of hydrogen-bond acceptors (Lipinski definition) is 2. The average Bonchev–Trinajstić information content (AvgIpc) is 2.27. The molecule has 0 radical (unpaired) electrons. The van der Waals surface area contributed by atoms with Gasteiger partial charge in [0, 0.05) is 19.1 Å². The molecule has 0 aliphatic heterocycles. The first-order chi connectivity index (χ1) is 8.68. The van der Waals surface area contributed by atoms with Gasteiger partial charge in [-0.2, -0.15) is 0 Å². The monoisotopic (exact) mass is 263 g/mol. The summed E-state index contributed by atoms with van der Waals surface area (Å²) in [6.07, 6.45) is 0. The van der Waals surface area contributed by atoms with Gasteiger partial charge in [-0.05, 0) is 29.0 Å². The molecule has 0 atom stereocenters. The van der Waals surface area contributed by atoms with Crippen molar-refractivity contribution < 1.29 is 4.74 Å². The van der Waals surface area contributed by atoms with Crippen molar-refractivity contribution in [1.29, 1.82) is 0 Å². The third-order valence-electron chi connectivity index (χ3n) is 3.63. The van der Waals surface area contributed by atoms with E-state index in [2.05, 4.69) is 65.1 Å². The predicted octanol–water partition coefficient (Wildman–Crippen LogP) is 3.76. The molecule has 1 aromatic rings. The van der Waals surface area contributed by atoms with Crippen molar-refractivity contribution in [3.63, 3.8) is 0 Å². The molecule has 0 heterocycles. The number of ether oxygens (including phenoxy) is 1. The molecule has 0 aliphatic carbocycles. The van der Waals surface area contributed by atoms with Gasteiger partial charge >= 0.3 is 0 Å². The van der Waals surface area contributed by atoms with E-state index in [-0.39, 0.29) is 10.8 Å². The van der Waals surface area contributed by atoms with Crippen LogP contribution >= 0.6 is 0 Å². The highest BCUT2D eigenvalue weighted by Gasteiger charge is 2.23. The molecule has 108 valence electrons. The molecular formula is C17H29NO. The number of nitrogens with one attached hydrogen (secondary N) is 1. The van der Waals surface area contributed by atoms with Crippen molar-refractivity contribution >= 4 is 0 Å². The SMILES string of the molecule is COCNCC(C)(C)c1ccc(C(C)(C)C)cc1C. The Labute approximate surface area is 118 Å². The lowest BCUT2D eigenvalue weighted by Gasteiger charge is -2.29. The van der Waals surface area contributed by atoms with Crippen molar-refractivity contribution in [3.05, 3.63) is 34.9 Å². The maximum atomic E-state index is 5.06. The topological polar surface area (TPSA) is 21.3 Å². The van der Waals surface area contributed by atoms with Gasteiger partial charge in [-0.3, -0.25) is 5.32 Å². The van der Waals surface area contributed by atoms with E-state index in [1.807, 2.05) is 0 Å². The molecule has 2 nitrogen and oxygen atoms in total. The average molecular weight is 263 g/mol. The summed E-state index contributed by atoms with van der Waals surface area (Å²) < 4.78 is 5.06. The van der Waals surface area contributed by atoms with Crippen molar-refractivity contribution in [1.82, 2.24) is 5.32 Å². The Bertz CT molecular complexity index is 416. The number of methoxy groups -OCH3 is 1. The predicted molar refractivity (Wildman–Crippen MR) is 82.8 cm³/mol. The van der Waals surface area contributed by atoms with E-state index in [0.29, 0.717) is 6.73 Å². The molecule has 0 unspecified atom stereocenters. The van der Waals surface area contributed by atoms with Crippen LogP contribution in [0.4, 0.5) is 0 Å².